The highest BCUT2D eigenvalue weighted by Crippen LogP contribution is 2.11. The van der Waals surface area contributed by atoms with Crippen molar-refractivity contribution in [2.45, 2.75) is 13.0 Å². The summed E-state index contributed by atoms with van der Waals surface area (Å²) in [6.45, 7) is 4.37. The zero-order valence-electron chi connectivity index (χ0n) is 10.3. The van der Waals surface area contributed by atoms with E-state index in [4.69, 9.17) is 5.26 Å². The number of urea groups is 1. The molecule has 0 aliphatic carbocycles. The number of carbonyl (C=O) groups is 1. The second-order valence-corrected chi connectivity index (χ2v) is 4.37. The summed E-state index contributed by atoms with van der Waals surface area (Å²) in [4.78, 5) is 13.9. The lowest BCUT2D eigenvalue weighted by Crippen LogP contribution is -2.53. The van der Waals surface area contributed by atoms with E-state index in [1.54, 1.807) is 24.3 Å². The molecule has 0 unspecified atom stereocenters. The molecule has 1 heterocycles. The molecule has 0 aromatic heterocycles. The Hall–Kier alpha value is -2.06. The topological polar surface area (TPSA) is 68.2 Å². The maximum atomic E-state index is 12.1. The summed E-state index contributed by atoms with van der Waals surface area (Å²) < 4.78 is 0. The van der Waals surface area contributed by atoms with Crippen LogP contribution in [0.2, 0.25) is 0 Å². The van der Waals surface area contributed by atoms with Gasteiger partial charge in [-0.25, -0.2) is 4.79 Å². The fourth-order valence-corrected chi connectivity index (χ4v) is 1.97. The van der Waals surface area contributed by atoms with Crippen molar-refractivity contribution in [3.63, 3.8) is 0 Å². The quantitative estimate of drug-likeness (QED) is 0.784. The number of hydrogen-bond acceptors (Lipinski definition) is 3. The number of piperazine rings is 1. The molecule has 2 rings (SSSR count). The minimum Gasteiger partial charge on any atom is -0.319 e. The molecule has 2 N–H and O–H groups in total. The molecule has 0 radical (unpaired) electrons. The summed E-state index contributed by atoms with van der Waals surface area (Å²) in [6, 6.07) is 9.01. The minimum absolute atomic E-state index is 0.0892. The number of nitrogens with zero attached hydrogens (tertiary/aromatic N) is 2. The van der Waals surface area contributed by atoms with Crippen LogP contribution in [0.25, 0.3) is 0 Å². The molecule has 1 aliphatic rings. The average Bonchev–Trinajstić information content (AvgIpc) is 2.40. The largest absolute Gasteiger partial charge is 0.322 e. The molecule has 5 nitrogen and oxygen atoms in total. The Balaban J connectivity index is 1.99. The standard InChI is InChI=1S/C13H16N4O/c1-10-9-15-6-7-17(10)13(18)16-12-4-2-11(8-14)3-5-12/h2-5,10,15H,6-7,9H2,1H3,(H,16,18)/t10-/m0/s1. The van der Waals surface area contributed by atoms with Crippen LogP contribution in [0.4, 0.5) is 10.5 Å². The SMILES string of the molecule is C[C@H]1CNCCN1C(=O)Nc1ccc(C#N)cc1. The van der Waals surface area contributed by atoms with Crippen LogP contribution in [0.1, 0.15) is 12.5 Å². The molecule has 1 fully saturated rings. The number of hydrogen-bond donors (Lipinski definition) is 2. The van der Waals surface area contributed by atoms with Gasteiger partial charge in [0.25, 0.3) is 0 Å². The van der Waals surface area contributed by atoms with Crippen molar-refractivity contribution in [2.75, 3.05) is 25.0 Å². The molecule has 2 amide bonds. The maximum Gasteiger partial charge on any atom is 0.322 e. The Morgan fingerprint density at radius 2 is 2.22 bits per heavy atom. The summed E-state index contributed by atoms with van der Waals surface area (Å²) in [6.07, 6.45) is 0. The van der Waals surface area contributed by atoms with Crippen molar-refractivity contribution in [3.8, 4) is 6.07 Å². The fourth-order valence-electron chi connectivity index (χ4n) is 1.97. The Bertz CT molecular complexity index is 463. The van der Waals surface area contributed by atoms with Crippen molar-refractivity contribution in [1.82, 2.24) is 10.2 Å². The minimum atomic E-state index is -0.0892. The molecule has 1 saturated heterocycles. The Labute approximate surface area is 106 Å². The Morgan fingerprint density at radius 1 is 1.50 bits per heavy atom. The predicted octanol–water partition coefficient (Wildman–Crippen LogP) is 1.38. The second kappa shape index (κ2) is 5.52. The van der Waals surface area contributed by atoms with Crippen LogP contribution in [-0.4, -0.2) is 36.6 Å². The van der Waals surface area contributed by atoms with Crippen LogP contribution in [-0.2, 0) is 0 Å². The van der Waals surface area contributed by atoms with Gasteiger partial charge in [0.2, 0.25) is 0 Å². The zero-order valence-corrected chi connectivity index (χ0v) is 10.3. The summed E-state index contributed by atoms with van der Waals surface area (Å²) in [5, 5.41) is 14.8. The molecule has 1 aliphatic heterocycles. The third-order valence-corrected chi connectivity index (χ3v) is 3.03. The van der Waals surface area contributed by atoms with Crippen molar-refractivity contribution >= 4 is 11.7 Å². The maximum absolute atomic E-state index is 12.1. The normalized spacial score (nSPS) is 19.1. The molecule has 0 spiro atoms. The van der Waals surface area contributed by atoms with Crippen LogP contribution < -0.4 is 10.6 Å². The third kappa shape index (κ3) is 2.79. The number of anilines is 1. The first-order valence-corrected chi connectivity index (χ1v) is 5.99. The van der Waals surface area contributed by atoms with E-state index >= 15 is 0 Å². The third-order valence-electron chi connectivity index (χ3n) is 3.03. The van der Waals surface area contributed by atoms with Crippen LogP contribution >= 0.6 is 0 Å². The van der Waals surface area contributed by atoms with Gasteiger partial charge in [0.15, 0.2) is 0 Å². The molecule has 18 heavy (non-hydrogen) atoms. The molecule has 1 aromatic carbocycles. The van der Waals surface area contributed by atoms with Crippen molar-refractivity contribution in [1.29, 1.82) is 5.26 Å². The molecular formula is C13H16N4O. The second-order valence-electron chi connectivity index (χ2n) is 4.37. The van der Waals surface area contributed by atoms with Gasteiger partial charge < -0.3 is 15.5 Å². The van der Waals surface area contributed by atoms with E-state index in [0.29, 0.717) is 17.8 Å². The number of amides is 2. The van der Waals surface area contributed by atoms with Crippen molar-refractivity contribution < 1.29 is 4.79 Å². The van der Waals surface area contributed by atoms with E-state index in [2.05, 4.69) is 10.6 Å². The summed E-state index contributed by atoms with van der Waals surface area (Å²) in [7, 11) is 0. The molecule has 1 aromatic rings. The van der Waals surface area contributed by atoms with E-state index in [1.807, 2.05) is 17.9 Å². The highest BCUT2D eigenvalue weighted by atomic mass is 16.2. The zero-order chi connectivity index (χ0) is 13.0. The first-order valence-electron chi connectivity index (χ1n) is 5.99. The first kappa shape index (κ1) is 12.4. The molecule has 94 valence electrons. The smallest absolute Gasteiger partial charge is 0.319 e. The van der Waals surface area contributed by atoms with Gasteiger partial charge in [-0.3, -0.25) is 0 Å². The van der Waals surface area contributed by atoms with E-state index < -0.39 is 0 Å². The number of benzene rings is 1. The molecular weight excluding hydrogens is 228 g/mol. The number of carbonyl (C=O) groups excluding carboxylic acids is 1. The van der Waals surface area contributed by atoms with Crippen LogP contribution in [0.15, 0.2) is 24.3 Å². The lowest BCUT2D eigenvalue weighted by molar-refractivity contribution is 0.177. The van der Waals surface area contributed by atoms with Gasteiger partial charge in [0.1, 0.15) is 0 Å². The van der Waals surface area contributed by atoms with Crippen LogP contribution in [0.5, 0.6) is 0 Å². The van der Waals surface area contributed by atoms with Gasteiger partial charge in [0.05, 0.1) is 11.6 Å². The van der Waals surface area contributed by atoms with Gasteiger partial charge in [0, 0.05) is 31.4 Å². The fraction of sp³-hybridized carbons (Fsp3) is 0.385. The lowest BCUT2D eigenvalue weighted by atomic mass is 10.2. The number of nitrogens with one attached hydrogen (secondary N) is 2. The predicted molar refractivity (Wildman–Crippen MR) is 69.2 cm³/mol. The van der Waals surface area contributed by atoms with E-state index in [0.717, 1.165) is 13.1 Å². The van der Waals surface area contributed by atoms with E-state index in [-0.39, 0.29) is 12.1 Å². The summed E-state index contributed by atoms with van der Waals surface area (Å²) in [5.74, 6) is 0. The van der Waals surface area contributed by atoms with Gasteiger partial charge in [-0.1, -0.05) is 0 Å². The van der Waals surface area contributed by atoms with Crippen LogP contribution in [0.3, 0.4) is 0 Å². The molecule has 1 atom stereocenters. The van der Waals surface area contributed by atoms with Crippen molar-refractivity contribution in [3.05, 3.63) is 29.8 Å². The molecule has 5 heteroatoms. The monoisotopic (exact) mass is 244 g/mol. The van der Waals surface area contributed by atoms with Crippen LogP contribution in [0, 0.1) is 11.3 Å². The highest BCUT2D eigenvalue weighted by molar-refractivity contribution is 5.89. The average molecular weight is 244 g/mol. The first-order chi connectivity index (χ1) is 8.70. The lowest BCUT2D eigenvalue weighted by Gasteiger charge is -2.33. The molecule has 0 saturated carbocycles. The van der Waals surface area contributed by atoms with E-state index in [1.165, 1.54) is 0 Å². The number of nitriles is 1. The highest BCUT2D eigenvalue weighted by Gasteiger charge is 2.22. The van der Waals surface area contributed by atoms with Gasteiger partial charge in [-0.2, -0.15) is 5.26 Å². The van der Waals surface area contributed by atoms with Gasteiger partial charge in [-0.15, -0.1) is 0 Å². The van der Waals surface area contributed by atoms with Gasteiger partial charge >= 0.3 is 6.03 Å². The number of rotatable bonds is 1. The van der Waals surface area contributed by atoms with Crippen molar-refractivity contribution in [2.24, 2.45) is 0 Å². The van der Waals surface area contributed by atoms with E-state index in [9.17, 15) is 4.79 Å². The Morgan fingerprint density at radius 3 is 2.83 bits per heavy atom. The Kier molecular flexibility index (Phi) is 3.80. The summed E-state index contributed by atoms with van der Waals surface area (Å²) in [5.41, 5.74) is 1.30. The molecule has 0 bridgehead atoms. The van der Waals surface area contributed by atoms with Gasteiger partial charge in [-0.05, 0) is 31.2 Å². The summed E-state index contributed by atoms with van der Waals surface area (Å²) >= 11 is 0.